The number of allylic oxidation sites excluding steroid dienone is 16. The number of hydrogen-bond donors (Lipinski definition) is 0. The highest BCUT2D eigenvalue weighted by atomic mass is 16.6. The molecule has 0 N–H and O–H groups in total. The van der Waals surface area contributed by atoms with Crippen LogP contribution in [-0.2, 0) is 28.6 Å². The molecule has 0 amide bonds. The van der Waals surface area contributed by atoms with Crippen LogP contribution in [0.3, 0.4) is 0 Å². The van der Waals surface area contributed by atoms with Crippen LogP contribution in [-0.4, -0.2) is 37.2 Å². The van der Waals surface area contributed by atoms with Gasteiger partial charge in [-0.05, 0) is 96.3 Å². The van der Waals surface area contributed by atoms with E-state index < -0.39 is 6.10 Å². The van der Waals surface area contributed by atoms with Gasteiger partial charge in [0.05, 0.1) is 0 Å². The van der Waals surface area contributed by atoms with E-state index in [9.17, 15) is 14.4 Å². The van der Waals surface area contributed by atoms with Crippen molar-refractivity contribution in [1.29, 1.82) is 0 Å². The molecular formula is C71H122O6. The first-order valence-electron chi connectivity index (χ1n) is 32.7. The molecule has 0 rings (SSSR count). The van der Waals surface area contributed by atoms with Crippen LogP contribution in [0.15, 0.2) is 97.2 Å². The Labute approximate surface area is 477 Å². The predicted molar refractivity (Wildman–Crippen MR) is 334 cm³/mol. The Balaban J connectivity index is 4.20. The minimum absolute atomic E-state index is 0.0804. The van der Waals surface area contributed by atoms with Crippen molar-refractivity contribution in [2.45, 2.75) is 322 Å². The van der Waals surface area contributed by atoms with E-state index in [0.717, 1.165) is 128 Å². The molecule has 1 atom stereocenters. The molecule has 0 saturated heterocycles. The summed E-state index contributed by atoms with van der Waals surface area (Å²) in [6.45, 7) is 6.43. The second-order valence-electron chi connectivity index (χ2n) is 21.6. The van der Waals surface area contributed by atoms with Gasteiger partial charge in [0.15, 0.2) is 6.10 Å². The number of carbonyl (C=O) groups is 3. The average Bonchev–Trinajstić information content (AvgIpc) is 3.43. The maximum atomic E-state index is 12.9. The molecule has 6 heteroatoms. The number of unbranched alkanes of at least 4 members (excludes halogenated alkanes) is 32. The van der Waals surface area contributed by atoms with Gasteiger partial charge < -0.3 is 14.2 Å². The fourth-order valence-electron chi connectivity index (χ4n) is 9.25. The number of hydrogen-bond acceptors (Lipinski definition) is 6. The summed E-state index contributed by atoms with van der Waals surface area (Å²) in [5, 5.41) is 0. The molecule has 442 valence electrons. The molecule has 0 bridgehead atoms. The Morgan fingerprint density at radius 3 is 0.792 bits per heavy atom. The third kappa shape index (κ3) is 63.0. The van der Waals surface area contributed by atoms with Crippen molar-refractivity contribution >= 4 is 17.9 Å². The van der Waals surface area contributed by atoms with Gasteiger partial charge in [-0.15, -0.1) is 0 Å². The van der Waals surface area contributed by atoms with E-state index in [1.165, 1.54) is 148 Å². The van der Waals surface area contributed by atoms with Gasteiger partial charge in [-0.3, -0.25) is 14.4 Å². The SMILES string of the molecule is CC/C=C\C/C=C\C/C=C\C/C=C\C/C=C\CCCCCCCCCCCCCCCCCC(=O)OCC(COC(=O)CCCCCCCCCCCCCCC)OC(=O)CCCCCCC/C=C\C/C=C\C/C=C\CC. The van der Waals surface area contributed by atoms with Gasteiger partial charge in [0, 0.05) is 19.3 Å². The summed E-state index contributed by atoms with van der Waals surface area (Å²) < 4.78 is 16.9. The first kappa shape index (κ1) is 73.3. The van der Waals surface area contributed by atoms with Crippen molar-refractivity contribution in [1.82, 2.24) is 0 Å². The number of esters is 3. The Morgan fingerprint density at radius 2 is 0.506 bits per heavy atom. The highest BCUT2D eigenvalue weighted by Gasteiger charge is 2.19. The second kappa shape index (κ2) is 64.9. The lowest BCUT2D eigenvalue weighted by atomic mass is 10.0. The Hall–Kier alpha value is -3.67. The van der Waals surface area contributed by atoms with Crippen molar-refractivity contribution in [3.63, 3.8) is 0 Å². The highest BCUT2D eigenvalue weighted by molar-refractivity contribution is 5.71. The molecule has 0 saturated carbocycles. The second-order valence-corrected chi connectivity index (χ2v) is 21.6. The van der Waals surface area contributed by atoms with Gasteiger partial charge in [0.2, 0.25) is 0 Å². The number of ether oxygens (including phenoxy) is 3. The quantitative estimate of drug-likeness (QED) is 0.0261. The van der Waals surface area contributed by atoms with Crippen LogP contribution in [0.2, 0.25) is 0 Å². The van der Waals surface area contributed by atoms with Crippen molar-refractivity contribution in [3.8, 4) is 0 Å². The zero-order chi connectivity index (χ0) is 55.7. The van der Waals surface area contributed by atoms with Crippen LogP contribution in [0, 0.1) is 0 Å². The van der Waals surface area contributed by atoms with E-state index in [4.69, 9.17) is 14.2 Å². The molecule has 0 radical (unpaired) electrons. The van der Waals surface area contributed by atoms with E-state index >= 15 is 0 Å². The molecule has 77 heavy (non-hydrogen) atoms. The minimum Gasteiger partial charge on any atom is -0.462 e. The van der Waals surface area contributed by atoms with Crippen LogP contribution < -0.4 is 0 Å². The largest absolute Gasteiger partial charge is 0.462 e. The summed E-state index contributed by atoms with van der Waals surface area (Å²) in [7, 11) is 0. The molecule has 0 heterocycles. The van der Waals surface area contributed by atoms with Crippen molar-refractivity contribution in [3.05, 3.63) is 97.2 Å². The van der Waals surface area contributed by atoms with Crippen molar-refractivity contribution < 1.29 is 28.6 Å². The summed E-state index contributed by atoms with van der Waals surface area (Å²) in [5.41, 5.74) is 0. The molecule has 0 spiro atoms. The van der Waals surface area contributed by atoms with Crippen molar-refractivity contribution in [2.24, 2.45) is 0 Å². The van der Waals surface area contributed by atoms with Gasteiger partial charge in [-0.1, -0.05) is 298 Å². The van der Waals surface area contributed by atoms with Crippen molar-refractivity contribution in [2.75, 3.05) is 13.2 Å². The molecule has 0 aromatic carbocycles. The molecule has 0 aromatic heterocycles. The number of rotatable bonds is 59. The van der Waals surface area contributed by atoms with Gasteiger partial charge in [-0.2, -0.15) is 0 Å². The van der Waals surface area contributed by atoms with E-state index in [-0.39, 0.29) is 31.1 Å². The van der Waals surface area contributed by atoms with E-state index in [1.807, 2.05) is 0 Å². The first-order chi connectivity index (χ1) is 38.0. The van der Waals surface area contributed by atoms with E-state index in [2.05, 4.69) is 118 Å². The van der Waals surface area contributed by atoms with E-state index in [1.54, 1.807) is 0 Å². The van der Waals surface area contributed by atoms with Gasteiger partial charge >= 0.3 is 17.9 Å². The maximum Gasteiger partial charge on any atom is 0.306 e. The summed E-state index contributed by atoms with van der Waals surface area (Å²) in [6, 6.07) is 0. The van der Waals surface area contributed by atoms with Gasteiger partial charge in [0.25, 0.3) is 0 Å². The fourth-order valence-corrected chi connectivity index (χ4v) is 9.25. The van der Waals surface area contributed by atoms with Gasteiger partial charge in [0.1, 0.15) is 13.2 Å². The lowest BCUT2D eigenvalue weighted by Crippen LogP contribution is -2.30. The maximum absolute atomic E-state index is 12.9. The lowest BCUT2D eigenvalue weighted by Gasteiger charge is -2.18. The van der Waals surface area contributed by atoms with Crippen LogP contribution in [0.25, 0.3) is 0 Å². The first-order valence-corrected chi connectivity index (χ1v) is 32.7. The van der Waals surface area contributed by atoms with Crippen LogP contribution >= 0.6 is 0 Å². The monoisotopic (exact) mass is 1070 g/mol. The summed E-state index contributed by atoms with van der Waals surface area (Å²) in [4.78, 5) is 38.3. The summed E-state index contributed by atoms with van der Waals surface area (Å²) in [5.74, 6) is -0.885. The minimum atomic E-state index is -0.785. The van der Waals surface area contributed by atoms with Crippen LogP contribution in [0.5, 0.6) is 0 Å². The standard InChI is InChI=1S/C71H122O6/c1-4-7-10-13-16-19-22-25-27-28-29-30-31-32-33-34-35-36-37-38-39-40-41-42-44-46-49-52-55-58-61-64-70(73)76-67-68(66-75-69(72)63-60-57-54-51-48-45-24-21-18-15-12-9-6-3)77-71(74)65-62-59-56-53-50-47-43-26-23-20-17-14-11-8-5-2/h7-8,10-11,16-17,19-20,25-27,29-30,32-33,43,68H,4-6,9,12-15,18,21-24,28,31,34-42,44-67H2,1-3H3/b10-7-,11-8-,19-16-,20-17-,27-25-,30-29-,33-32-,43-26-. The molecule has 0 aliphatic carbocycles. The zero-order valence-electron chi connectivity index (χ0n) is 50.7. The lowest BCUT2D eigenvalue weighted by molar-refractivity contribution is -0.167. The topological polar surface area (TPSA) is 78.9 Å². The highest BCUT2D eigenvalue weighted by Crippen LogP contribution is 2.17. The predicted octanol–water partition coefficient (Wildman–Crippen LogP) is 22.4. The number of carbonyl (C=O) groups excluding carboxylic acids is 3. The van der Waals surface area contributed by atoms with Crippen LogP contribution in [0.1, 0.15) is 316 Å². The molecular weight excluding hydrogens is 949 g/mol. The third-order valence-electron chi connectivity index (χ3n) is 14.1. The zero-order valence-corrected chi connectivity index (χ0v) is 50.7. The fraction of sp³-hybridized carbons (Fsp3) is 0.732. The summed E-state index contributed by atoms with van der Waals surface area (Å²) in [6.07, 6.45) is 87.1. The Bertz CT molecular complexity index is 1510. The molecule has 0 aliphatic heterocycles. The average molecular weight is 1070 g/mol. The molecule has 0 aromatic rings. The molecule has 0 aliphatic rings. The Kier molecular flexibility index (Phi) is 61.8. The summed E-state index contributed by atoms with van der Waals surface area (Å²) >= 11 is 0. The molecule has 1 unspecified atom stereocenters. The van der Waals surface area contributed by atoms with E-state index in [0.29, 0.717) is 19.3 Å². The third-order valence-corrected chi connectivity index (χ3v) is 14.1. The molecule has 6 nitrogen and oxygen atoms in total. The smallest absolute Gasteiger partial charge is 0.306 e. The van der Waals surface area contributed by atoms with Gasteiger partial charge in [-0.25, -0.2) is 0 Å². The Morgan fingerprint density at radius 1 is 0.273 bits per heavy atom. The van der Waals surface area contributed by atoms with Crippen LogP contribution in [0.4, 0.5) is 0 Å². The molecule has 0 fully saturated rings. The normalized spacial score (nSPS) is 12.7.